The second kappa shape index (κ2) is 6.16. The molecule has 4 heteroatoms. The molecule has 0 fully saturated rings. The maximum absolute atomic E-state index is 11.7. The molecule has 1 N–H and O–H groups in total. The fraction of sp³-hybridized carbons (Fsp3) is 0.417. The van der Waals surface area contributed by atoms with Crippen molar-refractivity contribution in [1.82, 2.24) is 5.32 Å². The zero-order valence-corrected chi connectivity index (χ0v) is 11.2. The molecule has 1 amide bonds. The van der Waals surface area contributed by atoms with Crippen LogP contribution in [0.3, 0.4) is 0 Å². The Hall–Kier alpha value is -0.670. The van der Waals surface area contributed by atoms with E-state index in [0.29, 0.717) is 5.02 Å². The van der Waals surface area contributed by atoms with E-state index in [4.69, 9.17) is 11.6 Å². The number of hydrogen-bond acceptors (Lipinski definition) is 2. The summed E-state index contributed by atoms with van der Waals surface area (Å²) in [6.07, 6.45) is 0. The van der Waals surface area contributed by atoms with Gasteiger partial charge in [0, 0.05) is 16.0 Å². The smallest absolute Gasteiger partial charge is 0.233 e. The monoisotopic (exact) mass is 257 g/mol. The van der Waals surface area contributed by atoms with Gasteiger partial charge in [0.1, 0.15) is 0 Å². The van der Waals surface area contributed by atoms with E-state index in [1.54, 1.807) is 0 Å². The van der Waals surface area contributed by atoms with Gasteiger partial charge in [-0.1, -0.05) is 11.6 Å². The molecule has 1 rings (SSSR count). The number of nitrogens with one attached hydrogen (secondary N) is 1. The Morgan fingerprint density at radius 2 is 1.81 bits per heavy atom. The highest BCUT2D eigenvalue weighted by atomic mass is 35.5. The van der Waals surface area contributed by atoms with Crippen LogP contribution >= 0.6 is 23.4 Å². The molecule has 0 unspecified atom stereocenters. The van der Waals surface area contributed by atoms with E-state index >= 15 is 0 Å². The summed E-state index contributed by atoms with van der Waals surface area (Å²) in [5.41, 5.74) is 0. The van der Waals surface area contributed by atoms with E-state index in [-0.39, 0.29) is 17.2 Å². The summed E-state index contributed by atoms with van der Waals surface area (Å²) in [5, 5.41) is 3.51. The third kappa shape index (κ3) is 4.45. The SMILES string of the molecule is CC(C)NC(=O)[C@@H](C)Sc1ccc(Cl)cc1. The highest BCUT2D eigenvalue weighted by Crippen LogP contribution is 2.24. The van der Waals surface area contributed by atoms with Gasteiger partial charge in [-0.05, 0) is 45.0 Å². The number of halogens is 1. The lowest BCUT2D eigenvalue weighted by Crippen LogP contribution is -2.35. The second-order valence-electron chi connectivity index (χ2n) is 3.88. The van der Waals surface area contributed by atoms with Crippen molar-refractivity contribution in [3.8, 4) is 0 Å². The van der Waals surface area contributed by atoms with Crippen molar-refractivity contribution in [2.45, 2.75) is 37.0 Å². The van der Waals surface area contributed by atoms with Gasteiger partial charge in [0.05, 0.1) is 5.25 Å². The van der Waals surface area contributed by atoms with Crippen molar-refractivity contribution in [1.29, 1.82) is 0 Å². The normalized spacial score (nSPS) is 12.6. The van der Waals surface area contributed by atoms with Crippen LogP contribution in [0, 0.1) is 0 Å². The van der Waals surface area contributed by atoms with Crippen molar-refractivity contribution in [3.05, 3.63) is 29.3 Å². The second-order valence-corrected chi connectivity index (χ2v) is 5.73. The minimum absolute atomic E-state index is 0.0648. The Balaban J connectivity index is 2.53. The largest absolute Gasteiger partial charge is 0.353 e. The number of thioether (sulfide) groups is 1. The molecule has 0 aliphatic rings. The lowest BCUT2D eigenvalue weighted by molar-refractivity contribution is -0.120. The van der Waals surface area contributed by atoms with E-state index < -0.39 is 0 Å². The molecule has 0 aliphatic carbocycles. The molecule has 1 atom stereocenters. The van der Waals surface area contributed by atoms with Gasteiger partial charge in [0.25, 0.3) is 0 Å². The fourth-order valence-corrected chi connectivity index (χ4v) is 2.18. The van der Waals surface area contributed by atoms with Crippen LogP contribution in [0.4, 0.5) is 0 Å². The maximum Gasteiger partial charge on any atom is 0.233 e. The van der Waals surface area contributed by atoms with Crippen molar-refractivity contribution >= 4 is 29.3 Å². The van der Waals surface area contributed by atoms with Gasteiger partial charge in [0.2, 0.25) is 5.91 Å². The van der Waals surface area contributed by atoms with Crippen LogP contribution in [0.5, 0.6) is 0 Å². The lowest BCUT2D eigenvalue weighted by Gasteiger charge is -2.14. The van der Waals surface area contributed by atoms with E-state index in [2.05, 4.69) is 5.32 Å². The Morgan fingerprint density at radius 1 is 1.25 bits per heavy atom. The minimum atomic E-state index is -0.0939. The van der Waals surface area contributed by atoms with E-state index in [1.165, 1.54) is 11.8 Å². The molecule has 0 heterocycles. The molecule has 0 bridgehead atoms. The molecule has 0 spiro atoms. The molecule has 16 heavy (non-hydrogen) atoms. The van der Waals surface area contributed by atoms with Crippen LogP contribution in [0.1, 0.15) is 20.8 Å². The summed E-state index contributed by atoms with van der Waals surface area (Å²) >= 11 is 7.32. The van der Waals surface area contributed by atoms with Crippen LogP contribution in [-0.2, 0) is 4.79 Å². The summed E-state index contributed by atoms with van der Waals surface area (Å²) in [5.74, 6) is 0.0648. The third-order valence-corrected chi connectivity index (χ3v) is 3.29. The van der Waals surface area contributed by atoms with Crippen LogP contribution in [0.2, 0.25) is 5.02 Å². The number of carbonyl (C=O) groups is 1. The van der Waals surface area contributed by atoms with Crippen LogP contribution < -0.4 is 5.32 Å². The summed E-state index contributed by atoms with van der Waals surface area (Å²) in [6.45, 7) is 5.81. The first-order chi connectivity index (χ1) is 7.49. The summed E-state index contributed by atoms with van der Waals surface area (Å²) in [6, 6.07) is 7.69. The molecule has 1 aromatic carbocycles. The zero-order valence-electron chi connectivity index (χ0n) is 9.66. The van der Waals surface area contributed by atoms with Gasteiger partial charge in [-0.25, -0.2) is 0 Å². The van der Waals surface area contributed by atoms with Crippen LogP contribution in [0.15, 0.2) is 29.2 Å². The van der Waals surface area contributed by atoms with Crippen molar-refractivity contribution in [2.75, 3.05) is 0 Å². The Bertz CT molecular complexity index is 351. The number of hydrogen-bond donors (Lipinski definition) is 1. The molecule has 1 aromatic rings. The fourth-order valence-electron chi connectivity index (χ4n) is 1.17. The molecule has 88 valence electrons. The number of carbonyl (C=O) groups excluding carboxylic acids is 1. The molecular weight excluding hydrogens is 242 g/mol. The Morgan fingerprint density at radius 3 is 2.31 bits per heavy atom. The quantitative estimate of drug-likeness (QED) is 0.839. The Labute approximate surface area is 106 Å². The molecule has 0 aromatic heterocycles. The predicted octanol–water partition coefficient (Wildman–Crippen LogP) is 3.35. The van der Waals surface area contributed by atoms with Gasteiger partial charge in [0.15, 0.2) is 0 Å². The van der Waals surface area contributed by atoms with Gasteiger partial charge in [-0.2, -0.15) is 0 Å². The highest BCUT2D eigenvalue weighted by molar-refractivity contribution is 8.00. The number of benzene rings is 1. The molecular formula is C12H16ClNOS. The van der Waals surface area contributed by atoms with Crippen molar-refractivity contribution in [2.24, 2.45) is 0 Å². The number of amides is 1. The summed E-state index contributed by atoms with van der Waals surface area (Å²) in [7, 11) is 0. The predicted molar refractivity (Wildman–Crippen MR) is 70.0 cm³/mol. The van der Waals surface area contributed by atoms with Gasteiger partial charge >= 0.3 is 0 Å². The first-order valence-corrected chi connectivity index (χ1v) is 6.47. The van der Waals surface area contributed by atoms with E-state index in [9.17, 15) is 4.79 Å². The Kier molecular flexibility index (Phi) is 5.16. The van der Waals surface area contributed by atoms with Crippen LogP contribution in [0.25, 0.3) is 0 Å². The van der Waals surface area contributed by atoms with Gasteiger partial charge in [-0.15, -0.1) is 11.8 Å². The average molecular weight is 258 g/mol. The minimum Gasteiger partial charge on any atom is -0.353 e. The topological polar surface area (TPSA) is 29.1 Å². The lowest BCUT2D eigenvalue weighted by atomic mass is 10.3. The molecule has 0 saturated heterocycles. The maximum atomic E-state index is 11.7. The highest BCUT2D eigenvalue weighted by Gasteiger charge is 2.14. The van der Waals surface area contributed by atoms with Gasteiger partial charge < -0.3 is 5.32 Å². The van der Waals surface area contributed by atoms with Crippen LogP contribution in [-0.4, -0.2) is 17.2 Å². The van der Waals surface area contributed by atoms with Crippen molar-refractivity contribution in [3.63, 3.8) is 0 Å². The number of rotatable bonds is 4. The third-order valence-electron chi connectivity index (χ3n) is 1.93. The molecule has 2 nitrogen and oxygen atoms in total. The summed E-state index contributed by atoms with van der Waals surface area (Å²) in [4.78, 5) is 12.7. The average Bonchev–Trinajstić information content (AvgIpc) is 2.20. The van der Waals surface area contributed by atoms with Crippen molar-refractivity contribution < 1.29 is 4.79 Å². The van der Waals surface area contributed by atoms with E-state index in [1.807, 2.05) is 45.0 Å². The molecule has 0 saturated carbocycles. The first-order valence-electron chi connectivity index (χ1n) is 5.21. The zero-order chi connectivity index (χ0) is 12.1. The van der Waals surface area contributed by atoms with E-state index in [0.717, 1.165) is 4.90 Å². The first kappa shape index (κ1) is 13.4. The standard InChI is InChI=1S/C12H16ClNOS/c1-8(2)14-12(15)9(3)16-11-6-4-10(13)5-7-11/h4-9H,1-3H3,(H,14,15)/t9-/m1/s1. The summed E-state index contributed by atoms with van der Waals surface area (Å²) < 4.78 is 0. The van der Waals surface area contributed by atoms with Gasteiger partial charge in [-0.3, -0.25) is 4.79 Å². The molecule has 0 aliphatic heterocycles. The molecule has 0 radical (unpaired) electrons.